The number of aliphatic hydroxyl groups excluding tert-OH is 1. The maximum Gasteiger partial charge on any atom is 0.295 e. The number of ether oxygens (including phenoxy) is 2. The summed E-state index contributed by atoms with van der Waals surface area (Å²) in [5.74, 6) is -2.11. The van der Waals surface area contributed by atoms with Crippen molar-refractivity contribution in [1.82, 2.24) is 9.88 Å². The van der Waals surface area contributed by atoms with Gasteiger partial charge in [0.05, 0.1) is 25.3 Å². The van der Waals surface area contributed by atoms with Crippen LogP contribution in [0.15, 0.2) is 72.6 Å². The minimum absolute atomic E-state index is 0.00101. The summed E-state index contributed by atoms with van der Waals surface area (Å²) in [6, 6.07) is 13.5. The quantitative estimate of drug-likeness (QED) is 0.290. The molecule has 2 aromatic carbocycles. The number of hydrogen-bond acceptors (Lipinski definition) is 6. The molecule has 1 fully saturated rings. The Morgan fingerprint density at radius 1 is 1.09 bits per heavy atom. The smallest absolute Gasteiger partial charge is 0.295 e. The average Bonchev–Trinajstić information content (AvgIpc) is 3.12. The molecular weight excluding hydrogens is 451 g/mol. The molecular formula is C27H25FN2O5. The lowest BCUT2D eigenvalue weighted by molar-refractivity contribution is -0.140. The van der Waals surface area contributed by atoms with Crippen molar-refractivity contribution in [3.63, 3.8) is 0 Å². The Morgan fingerprint density at radius 3 is 2.43 bits per heavy atom. The number of carbonyl (C=O) groups excluding carboxylic acids is 2. The van der Waals surface area contributed by atoms with Crippen molar-refractivity contribution in [2.75, 3.05) is 13.7 Å². The maximum absolute atomic E-state index is 14.4. The molecule has 0 radical (unpaired) electrons. The number of nitrogens with zero attached hydrogens (tertiary/aromatic N) is 2. The van der Waals surface area contributed by atoms with Crippen LogP contribution in [0.5, 0.6) is 11.5 Å². The summed E-state index contributed by atoms with van der Waals surface area (Å²) in [6.45, 7) is 2.69. The Bertz CT molecular complexity index is 1260. The van der Waals surface area contributed by atoms with Gasteiger partial charge in [0.25, 0.3) is 11.7 Å². The van der Waals surface area contributed by atoms with E-state index in [9.17, 15) is 19.1 Å². The first-order valence-corrected chi connectivity index (χ1v) is 11.2. The van der Waals surface area contributed by atoms with Crippen molar-refractivity contribution in [3.8, 4) is 11.5 Å². The van der Waals surface area contributed by atoms with E-state index < -0.39 is 29.3 Å². The molecule has 1 amide bonds. The topological polar surface area (TPSA) is 89.0 Å². The Morgan fingerprint density at radius 2 is 1.80 bits per heavy atom. The zero-order chi connectivity index (χ0) is 24.9. The minimum Gasteiger partial charge on any atom is -0.507 e. The summed E-state index contributed by atoms with van der Waals surface area (Å²) in [6.07, 6.45) is 4.05. The Hall–Kier alpha value is -4.20. The van der Waals surface area contributed by atoms with Gasteiger partial charge in [-0.15, -0.1) is 0 Å². The number of hydrogen-bond donors (Lipinski definition) is 1. The van der Waals surface area contributed by atoms with Gasteiger partial charge in [-0.25, -0.2) is 4.39 Å². The molecule has 0 aliphatic carbocycles. The Labute approximate surface area is 202 Å². The van der Waals surface area contributed by atoms with E-state index in [1.54, 1.807) is 48.8 Å². The summed E-state index contributed by atoms with van der Waals surface area (Å²) >= 11 is 0. The predicted molar refractivity (Wildman–Crippen MR) is 127 cm³/mol. The molecule has 7 nitrogen and oxygen atoms in total. The second-order valence-electron chi connectivity index (χ2n) is 8.05. The van der Waals surface area contributed by atoms with E-state index in [4.69, 9.17) is 9.47 Å². The van der Waals surface area contributed by atoms with Gasteiger partial charge in [-0.2, -0.15) is 0 Å². The van der Waals surface area contributed by atoms with Crippen LogP contribution in [0.4, 0.5) is 4.39 Å². The van der Waals surface area contributed by atoms with Crippen LogP contribution >= 0.6 is 0 Å². The predicted octanol–water partition coefficient (Wildman–Crippen LogP) is 4.64. The van der Waals surface area contributed by atoms with Gasteiger partial charge in [0.2, 0.25) is 0 Å². The van der Waals surface area contributed by atoms with Gasteiger partial charge in [0.15, 0.2) is 11.6 Å². The van der Waals surface area contributed by atoms with Crippen molar-refractivity contribution in [3.05, 3.63) is 95.1 Å². The van der Waals surface area contributed by atoms with Gasteiger partial charge >= 0.3 is 0 Å². The van der Waals surface area contributed by atoms with Crippen LogP contribution in [0.3, 0.4) is 0 Å². The lowest BCUT2D eigenvalue weighted by atomic mass is 9.95. The number of amides is 1. The number of halogens is 1. The number of aromatic nitrogens is 1. The maximum atomic E-state index is 14.4. The number of aliphatic hydroxyl groups is 1. The number of ketones is 1. The van der Waals surface area contributed by atoms with Gasteiger partial charge in [-0.1, -0.05) is 19.1 Å². The molecule has 1 aliphatic heterocycles. The molecule has 2 heterocycles. The normalized spacial score (nSPS) is 17.0. The summed E-state index contributed by atoms with van der Waals surface area (Å²) in [5, 5.41) is 11.1. The standard InChI is InChI=1S/C27H25FN2O5/c1-3-14-35-20-7-4-18(5-8-20)24-23(25(31)19-6-9-22(34-2)21(28)15-19)26(32)27(33)30(24)16-17-10-12-29-13-11-17/h4-13,15,24,31H,3,14,16H2,1-2H3. The zero-order valence-electron chi connectivity index (χ0n) is 19.4. The van der Waals surface area contributed by atoms with E-state index in [1.165, 1.54) is 24.1 Å². The van der Waals surface area contributed by atoms with Gasteiger partial charge < -0.3 is 19.5 Å². The SMILES string of the molecule is CCCOc1ccc(C2C(=C(O)c3ccc(OC)c(F)c3)C(=O)C(=O)N2Cc2ccncc2)cc1. The van der Waals surface area contributed by atoms with E-state index in [1.807, 2.05) is 6.92 Å². The lowest BCUT2D eigenvalue weighted by Crippen LogP contribution is -2.29. The molecule has 0 spiro atoms. The number of likely N-dealkylation sites (tertiary alicyclic amines) is 1. The second-order valence-corrected chi connectivity index (χ2v) is 8.05. The van der Waals surface area contributed by atoms with Crippen LogP contribution in [0.2, 0.25) is 0 Å². The number of rotatable bonds is 8. The number of carbonyl (C=O) groups is 2. The van der Waals surface area contributed by atoms with E-state index in [0.717, 1.165) is 18.1 Å². The van der Waals surface area contributed by atoms with Crippen molar-refractivity contribution in [1.29, 1.82) is 0 Å². The number of methoxy groups -OCH3 is 1. The highest BCUT2D eigenvalue weighted by atomic mass is 19.1. The van der Waals surface area contributed by atoms with E-state index in [0.29, 0.717) is 17.9 Å². The van der Waals surface area contributed by atoms with Crippen molar-refractivity contribution in [2.45, 2.75) is 25.9 Å². The molecule has 1 N–H and O–H groups in total. The highest BCUT2D eigenvalue weighted by Gasteiger charge is 2.46. The van der Waals surface area contributed by atoms with Crippen LogP contribution in [-0.2, 0) is 16.1 Å². The van der Waals surface area contributed by atoms with Gasteiger partial charge in [0.1, 0.15) is 11.5 Å². The summed E-state index contributed by atoms with van der Waals surface area (Å²) in [5.41, 5.74) is 1.33. The third-order valence-electron chi connectivity index (χ3n) is 5.74. The average molecular weight is 477 g/mol. The molecule has 0 saturated carbocycles. The molecule has 8 heteroatoms. The molecule has 1 unspecified atom stereocenters. The van der Waals surface area contributed by atoms with Crippen LogP contribution in [0, 0.1) is 5.82 Å². The molecule has 1 aromatic heterocycles. The van der Waals surface area contributed by atoms with Crippen LogP contribution < -0.4 is 9.47 Å². The third kappa shape index (κ3) is 4.87. The van der Waals surface area contributed by atoms with E-state index in [2.05, 4.69) is 4.98 Å². The minimum atomic E-state index is -0.881. The lowest BCUT2D eigenvalue weighted by Gasteiger charge is -2.25. The fourth-order valence-corrected chi connectivity index (χ4v) is 4.01. The zero-order valence-corrected chi connectivity index (χ0v) is 19.4. The molecule has 1 saturated heterocycles. The number of benzene rings is 2. The van der Waals surface area contributed by atoms with E-state index >= 15 is 0 Å². The number of pyridine rings is 1. The summed E-state index contributed by atoms with van der Waals surface area (Å²) in [4.78, 5) is 31.7. The van der Waals surface area contributed by atoms with Crippen molar-refractivity contribution < 1.29 is 28.6 Å². The molecule has 4 rings (SSSR count). The molecule has 1 aliphatic rings. The first-order chi connectivity index (χ1) is 16.9. The molecule has 0 bridgehead atoms. The molecule has 1 atom stereocenters. The third-order valence-corrected chi connectivity index (χ3v) is 5.74. The second kappa shape index (κ2) is 10.4. The monoisotopic (exact) mass is 476 g/mol. The molecule has 180 valence electrons. The van der Waals surface area contributed by atoms with Gasteiger partial charge in [-0.05, 0) is 60.0 Å². The first kappa shape index (κ1) is 23.9. The van der Waals surface area contributed by atoms with Crippen LogP contribution in [-0.4, -0.2) is 40.4 Å². The fraction of sp³-hybridized carbons (Fsp3) is 0.222. The molecule has 3 aromatic rings. The van der Waals surface area contributed by atoms with Crippen molar-refractivity contribution in [2.24, 2.45) is 0 Å². The Kier molecular flexibility index (Phi) is 7.10. The van der Waals surface area contributed by atoms with Crippen molar-refractivity contribution >= 4 is 17.4 Å². The fourth-order valence-electron chi connectivity index (χ4n) is 4.01. The summed E-state index contributed by atoms with van der Waals surface area (Å²) in [7, 11) is 1.33. The number of Topliss-reactive ketones (excluding diaryl/α,β-unsaturated/α-hetero) is 1. The Balaban J connectivity index is 1.81. The van der Waals surface area contributed by atoms with Gasteiger partial charge in [0, 0.05) is 24.5 Å². The highest BCUT2D eigenvalue weighted by molar-refractivity contribution is 6.46. The molecule has 35 heavy (non-hydrogen) atoms. The first-order valence-electron chi connectivity index (χ1n) is 11.2. The van der Waals surface area contributed by atoms with Crippen LogP contribution in [0.25, 0.3) is 5.76 Å². The van der Waals surface area contributed by atoms with E-state index in [-0.39, 0.29) is 23.4 Å². The highest BCUT2D eigenvalue weighted by Crippen LogP contribution is 2.41. The van der Waals surface area contributed by atoms with Crippen LogP contribution in [0.1, 0.15) is 36.1 Å². The van der Waals surface area contributed by atoms with Gasteiger partial charge in [-0.3, -0.25) is 14.6 Å². The summed E-state index contributed by atoms with van der Waals surface area (Å²) < 4.78 is 24.9. The largest absolute Gasteiger partial charge is 0.507 e.